The molecule has 0 fully saturated rings. The molecule has 0 aliphatic heterocycles. The fourth-order valence-corrected chi connectivity index (χ4v) is 2.12. The number of pyridine rings is 1. The number of para-hydroxylation sites is 2. The average Bonchev–Trinajstić information content (AvgIpc) is 2.35. The Bertz CT molecular complexity index is 680. The number of carboxylic acid groups (broad SMARTS) is 1. The molecule has 17 heavy (non-hydrogen) atoms. The Hall–Kier alpha value is -2.42. The molecular formula is C14H9NO2. The van der Waals surface area contributed by atoms with Gasteiger partial charge in [0.2, 0.25) is 11.0 Å². The Balaban J connectivity index is 2.61. The van der Waals surface area contributed by atoms with E-state index < -0.39 is 6.09 Å². The zero-order valence-electron chi connectivity index (χ0n) is 8.96. The van der Waals surface area contributed by atoms with Gasteiger partial charge in [0.05, 0.1) is 0 Å². The van der Waals surface area contributed by atoms with E-state index in [-0.39, 0.29) is 0 Å². The van der Waals surface area contributed by atoms with Crippen LogP contribution in [0.4, 0.5) is 4.79 Å². The maximum absolute atomic E-state index is 11.3. The van der Waals surface area contributed by atoms with Gasteiger partial charge < -0.3 is 9.90 Å². The zero-order valence-corrected chi connectivity index (χ0v) is 8.96. The van der Waals surface area contributed by atoms with Crippen LogP contribution < -0.4 is 9.67 Å². The minimum atomic E-state index is -1.21. The summed E-state index contributed by atoms with van der Waals surface area (Å²) in [6.07, 6.45) is -1.21. The molecule has 0 bridgehead atoms. The van der Waals surface area contributed by atoms with Gasteiger partial charge in [0.25, 0.3) is 0 Å². The Morgan fingerprint density at radius 1 is 0.882 bits per heavy atom. The number of aromatic nitrogens is 1. The van der Waals surface area contributed by atoms with Gasteiger partial charge in [-0.15, -0.1) is 4.57 Å². The SMILES string of the molecule is O=C([O-])[n+]1c2ccccc2cc2ccccc21. The molecule has 3 nitrogen and oxygen atoms in total. The van der Waals surface area contributed by atoms with E-state index in [0.29, 0.717) is 11.0 Å². The van der Waals surface area contributed by atoms with Gasteiger partial charge >= 0.3 is 6.09 Å². The third kappa shape index (κ3) is 1.44. The fourth-order valence-electron chi connectivity index (χ4n) is 2.12. The van der Waals surface area contributed by atoms with Crippen molar-refractivity contribution in [3.63, 3.8) is 0 Å². The number of nitrogens with zero attached hydrogens (tertiary/aromatic N) is 1. The number of carbonyl (C=O) groups excluding carboxylic acids is 1. The molecule has 1 aromatic heterocycles. The van der Waals surface area contributed by atoms with E-state index in [4.69, 9.17) is 0 Å². The van der Waals surface area contributed by atoms with Crippen molar-refractivity contribution < 1.29 is 14.5 Å². The van der Waals surface area contributed by atoms with Crippen LogP contribution in [0.15, 0.2) is 54.6 Å². The number of carbonyl (C=O) groups is 1. The summed E-state index contributed by atoms with van der Waals surface area (Å²) in [5, 5.41) is 13.1. The van der Waals surface area contributed by atoms with E-state index in [2.05, 4.69) is 0 Å². The second kappa shape index (κ2) is 3.56. The van der Waals surface area contributed by atoms with Gasteiger partial charge in [0, 0.05) is 22.9 Å². The summed E-state index contributed by atoms with van der Waals surface area (Å²) >= 11 is 0. The number of hydrogen-bond donors (Lipinski definition) is 0. The molecule has 0 aliphatic carbocycles. The van der Waals surface area contributed by atoms with Gasteiger partial charge in [-0.3, -0.25) is 0 Å². The van der Waals surface area contributed by atoms with Crippen molar-refractivity contribution in [3.05, 3.63) is 54.6 Å². The highest BCUT2D eigenvalue weighted by Gasteiger charge is 2.15. The molecule has 0 spiro atoms. The van der Waals surface area contributed by atoms with Crippen LogP contribution in [0.25, 0.3) is 21.8 Å². The molecule has 1 heterocycles. The first-order valence-corrected chi connectivity index (χ1v) is 5.31. The second-order valence-electron chi connectivity index (χ2n) is 3.86. The molecule has 82 valence electrons. The van der Waals surface area contributed by atoms with Gasteiger partial charge in [0.15, 0.2) is 0 Å². The number of benzene rings is 2. The van der Waals surface area contributed by atoms with Crippen molar-refractivity contribution in [1.82, 2.24) is 0 Å². The van der Waals surface area contributed by atoms with Gasteiger partial charge in [-0.1, -0.05) is 24.3 Å². The first kappa shape index (κ1) is 9.78. The number of rotatable bonds is 0. The molecule has 0 N–H and O–H groups in total. The first-order valence-electron chi connectivity index (χ1n) is 5.31. The Labute approximate surface area is 97.5 Å². The second-order valence-corrected chi connectivity index (χ2v) is 3.86. The van der Waals surface area contributed by atoms with Crippen LogP contribution in [-0.4, -0.2) is 6.09 Å². The minimum absolute atomic E-state index is 0.645. The molecule has 0 aliphatic rings. The quantitative estimate of drug-likeness (QED) is 0.428. The summed E-state index contributed by atoms with van der Waals surface area (Å²) in [4.78, 5) is 11.3. The molecule has 0 atom stereocenters. The van der Waals surface area contributed by atoms with Crippen molar-refractivity contribution >= 4 is 27.9 Å². The maximum atomic E-state index is 11.3. The molecule has 2 aromatic carbocycles. The van der Waals surface area contributed by atoms with Crippen LogP contribution in [0.2, 0.25) is 0 Å². The molecule has 0 amide bonds. The standard InChI is InChI=1S/C14H9NO2/c16-14(17)15-12-7-3-1-5-10(12)9-11-6-2-4-8-13(11)15/h1-9H. The zero-order chi connectivity index (χ0) is 11.8. The summed E-state index contributed by atoms with van der Waals surface area (Å²) in [5.74, 6) is 0. The van der Waals surface area contributed by atoms with Gasteiger partial charge in [-0.05, 0) is 18.2 Å². The summed E-state index contributed by atoms with van der Waals surface area (Å²) in [6, 6.07) is 16.7. The molecule has 3 aromatic rings. The highest BCUT2D eigenvalue weighted by molar-refractivity contribution is 5.90. The molecular weight excluding hydrogens is 214 g/mol. The predicted octanol–water partition coefficient (Wildman–Crippen LogP) is 1.47. The topological polar surface area (TPSA) is 44.0 Å². The van der Waals surface area contributed by atoms with Gasteiger partial charge in [0.1, 0.15) is 0 Å². The molecule has 0 saturated carbocycles. The lowest BCUT2D eigenvalue weighted by Gasteiger charge is -2.04. The van der Waals surface area contributed by atoms with Gasteiger partial charge in [-0.25, -0.2) is 0 Å². The van der Waals surface area contributed by atoms with Crippen LogP contribution in [-0.2, 0) is 0 Å². The third-order valence-corrected chi connectivity index (χ3v) is 2.85. The monoisotopic (exact) mass is 223 g/mol. The Kier molecular flexibility index (Phi) is 2.05. The Morgan fingerprint density at radius 2 is 1.35 bits per heavy atom. The lowest BCUT2D eigenvalue weighted by Crippen LogP contribution is -2.52. The molecule has 3 heteroatoms. The van der Waals surface area contributed by atoms with Crippen LogP contribution in [0.1, 0.15) is 0 Å². The van der Waals surface area contributed by atoms with E-state index in [1.807, 2.05) is 42.5 Å². The van der Waals surface area contributed by atoms with Crippen LogP contribution >= 0.6 is 0 Å². The summed E-state index contributed by atoms with van der Waals surface area (Å²) in [7, 11) is 0. The van der Waals surface area contributed by atoms with Crippen LogP contribution in [0.5, 0.6) is 0 Å². The van der Waals surface area contributed by atoms with Crippen molar-refractivity contribution in [1.29, 1.82) is 0 Å². The predicted molar refractivity (Wildman–Crippen MR) is 62.4 cm³/mol. The van der Waals surface area contributed by atoms with Crippen molar-refractivity contribution in [2.75, 3.05) is 0 Å². The maximum Gasteiger partial charge on any atom is 0.344 e. The number of fused-ring (bicyclic) bond motifs is 2. The van der Waals surface area contributed by atoms with Crippen molar-refractivity contribution in [3.8, 4) is 0 Å². The van der Waals surface area contributed by atoms with E-state index in [1.54, 1.807) is 12.1 Å². The van der Waals surface area contributed by atoms with Crippen molar-refractivity contribution in [2.24, 2.45) is 0 Å². The Morgan fingerprint density at radius 3 is 1.82 bits per heavy atom. The van der Waals surface area contributed by atoms with Crippen LogP contribution in [0, 0.1) is 0 Å². The first-order chi connectivity index (χ1) is 8.27. The molecule has 0 unspecified atom stereocenters. The van der Waals surface area contributed by atoms with E-state index in [0.717, 1.165) is 10.8 Å². The van der Waals surface area contributed by atoms with E-state index in [9.17, 15) is 9.90 Å². The largest absolute Gasteiger partial charge is 0.490 e. The van der Waals surface area contributed by atoms with E-state index >= 15 is 0 Å². The van der Waals surface area contributed by atoms with Crippen molar-refractivity contribution in [2.45, 2.75) is 0 Å². The fraction of sp³-hybridized carbons (Fsp3) is 0. The summed E-state index contributed by atoms with van der Waals surface area (Å²) < 4.78 is 1.21. The van der Waals surface area contributed by atoms with E-state index in [1.165, 1.54) is 4.57 Å². The highest BCUT2D eigenvalue weighted by Crippen LogP contribution is 2.17. The molecule has 3 rings (SSSR count). The minimum Gasteiger partial charge on any atom is -0.490 e. The lowest BCUT2D eigenvalue weighted by atomic mass is 10.1. The highest BCUT2D eigenvalue weighted by atomic mass is 16.4. The lowest BCUT2D eigenvalue weighted by molar-refractivity contribution is -0.585. The van der Waals surface area contributed by atoms with Gasteiger partial charge in [-0.2, -0.15) is 0 Å². The summed E-state index contributed by atoms with van der Waals surface area (Å²) in [6.45, 7) is 0. The average molecular weight is 223 g/mol. The number of hydrogen-bond acceptors (Lipinski definition) is 2. The van der Waals surface area contributed by atoms with Crippen LogP contribution in [0.3, 0.4) is 0 Å². The normalized spacial score (nSPS) is 10.8. The molecule has 0 radical (unpaired) electrons. The summed E-state index contributed by atoms with van der Waals surface area (Å²) in [5.41, 5.74) is 1.29. The smallest absolute Gasteiger partial charge is 0.344 e. The molecule has 0 saturated heterocycles. The third-order valence-electron chi connectivity index (χ3n) is 2.85.